The molecule has 0 N–H and O–H groups in total. The van der Waals surface area contributed by atoms with Gasteiger partial charge in [0.2, 0.25) is 5.56 Å². The fourth-order valence-corrected chi connectivity index (χ4v) is 1.21. The van der Waals surface area contributed by atoms with Gasteiger partial charge < -0.3 is 9.47 Å². The van der Waals surface area contributed by atoms with Gasteiger partial charge in [0.05, 0.1) is 7.11 Å². The van der Waals surface area contributed by atoms with Crippen LogP contribution in [0.15, 0.2) is 36.9 Å². The normalized spacial score (nSPS) is 11.6. The van der Waals surface area contributed by atoms with E-state index < -0.39 is 11.5 Å². The van der Waals surface area contributed by atoms with E-state index >= 15 is 0 Å². The number of rotatable bonds is 4. The van der Waals surface area contributed by atoms with Gasteiger partial charge in [0.1, 0.15) is 5.75 Å². The molecule has 80 valence electrons. The van der Waals surface area contributed by atoms with E-state index in [0.717, 1.165) is 11.8 Å². The molecule has 0 aliphatic carbocycles. The van der Waals surface area contributed by atoms with Crippen molar-refractivity contribution >= 4 is 17.6 Å². The molecule has 0 amide bonds. The maximum atomic E-state index is 10.9. The van der Waals surface area contributed by atoms with Crippen LogP contribution in [-0.2, 0) is 9.53 Å². The lowest BCUT2D eigenvalue weighted by Gasteiger charge is -2.10. The van der Waals surface area contributed by atoms with Crippen LogP contribution in [0.5, 0.6) is 5.75 Å². The molecule has 0 radical (unpaired) electrons. The third-order valence-corrected chi connectivity index (χ3v) is 2.11. The van der Waals surface area contributed by atoms with Crippen LogP contribution in [0.1, 0.15) is 11.1 Å². The van der Waals surface area contributed by atoms with Crippen molar-refractivity contribution in [3.05, 3.63) is 42.5 Å². The van der Waals surface area contributed by atoms with Gasteiger partial charge in [-0.25, -0.2) is 4.79 Å². The Morgan fingerprint density at radius 3 is 2.53 bits per heavy atom. The van der Waals surface area contributed by atoms with E-state index in [1.165, 1.54) is 0 Å². The molecular formula is C11H11ClO3. The minimum atomic E-state index is -0.804. The lowest BCUT2D eigenvalue weighted by molar-refractivity contribution is -0.139. The lowest BCUT2D eigenvalue weighted by Crippen LogP contribution is -2.03. The molecule has 0 spiro atoms. The van der Waals surface area contributed by atoms with Crippen molar-refractivity contribution in [1.29, 1.82) is 0 Å². The molecule has 0 heterocycles. The number of carbonyl (C=O) groups is 1. The molecule has 4 heteroatoms. The predicted octanol–water partition coefficient (Wildman–Crippen LogP) is 2.66. The monoisotopic (exact) mass is 226 g/mol. The van der Waals surface area contributed by atoms with Crippen molar-refractivity contribution in [1.82, 2.24) is 0 Å². The Bertz CT molecular complexity index is 345. The second kappa shape index (κ2) is 5.41. The van der Waals surface area contributed by atoms with E-state index in [1.807, 2.05) is 0 Å². The first-order chi connectivity index (χ1) is 7.17. The van der Waals surface area contributed by atoms with E-state index in [2.05, 4.69) is 6.58 Å². The van der Waals surface area contributed by atoms with E-state index in [9.17, 15) is 4.79 Å². The fraction of sp³-hybridized carbons (Fsp3) is 0.182. The lowest BCUT2D eigenvalue weighted by atomic mass is 10.2. The van der Waals surface area contributed by atoms with Crippen molar-refractivity contribution in [2.75, 3.05) is 7.11 Å². The zero-order chi connectivity index (χ0) is 11.3. The fourth-order valence-electron chi connectivity index (χ4n) is 0.973. The minimum absolute atomic E-state index is 0.550. The summed E-state index contributed by atoms with van der Waals surface area (Å²) in [6, 6.07) is 6.94. The highest BCUT2D eigenvalue weighted by Gasteiger charge is 2.11. The summed E-state index contributed by atoms with van der Waals surface area (Å²) in [7, 11) is 1.57. The Morgan fingerprint density at radius 1 is 1.47 bits per heavy atom. The third-order valence-electron chi connectivity index (χ3n) is 1.76. The first-order valence-corrected chi connectivity index (χ1v) is 4.72. The molecule has 1 rings (SSSR count). The SMILES string of the molecule is C=CC(=O)OC(Cl)c1ccc(OC)cc1. The minimum Gasteiger partial charge on any atom is -0.497 e. The van der Waals surface area contributed by atoms with Gasteiger partial charge >= 0.3 is 5.97 Å². The van der Waals surface area contributed by atoms with Crippen LogP contribution in [0.3, 0.4) is 0 Å². The highest BCUT2D eigenvalue weighted by Crippen LogP contribution is 2.24. The largest absolute Gasteiger partial charge is 0.497 e. The highest BCUT2D eigenvalue weighted by molar-refractivity contribution is 6.20. The van der Waals surface area contributed by atoms with E-state index in [1.54, 1.807) is 31.4 Å². The van der Waals surface area contributed by atoms with Crippen LogP contribution >= 0.6 is 11.6 Å². The number of methoxy groups -OCH3 is 1. The van der Waals surface area contributed by atoms with Crippen molar-refractivity contribution < 1.29 is 14.3 Å². The molecule has 0 aliphatic rings. The van der Waals surface area contributed by atoms with Crippen LogP contribution in [0, 0.1) is 0 Å². The zero-order valence-corrected chi connectivity index (χ0v) is 9.03. The Hall–Kier alpha value is -1.48. The zero-order valence-electron chi connectivity index (χ0n) is 8.27. The van der Waals surface area contributed by atoms with Crippen LogP contribution in [0.2, 0.25) is 0 Å². The van der Waals surface area contributed by atoms with Gasteiger partial charge in [-0.3, -0.25) is 0 Å². The molecule has 0 saturated carbocycles. The summed E-state index contributed by atoms with van der Waals surface area (Å²) in [5, 5.41) is 0. The summed E-state index contributed by atoms with van der Waals surface area (Å²) >= 11 is 5.84. The van der Waals surface area contributed by atoms with E-state index in [4.69, 9.17) is 21.1 Å². The molecule has 3 nitrogen and oxygen atoms in total. The number of hydrogen-bond acceptors (Lipinski definition) is 3. The first kappa shape index (κ1) is 11.6. The van der Waals surface area contributed by atoms with Gasteiger partial charge in [-0.05, 0) is 12.1 Å². The molecule has 0 aliphatic heterocycles. The number of alkyl halides is 1. The van der Waals surface area contributed by atoms with Gasteiger partial charge in [0, 0.05) is 11.6 Å². The van der Waals surface area contributed by atoms with Crippen LogP contribution in [-0.4, -0.2) is 13.1 Å². The second-order valence-electron chi connectivity index (χ2n) is 2.73. The van der Waals surface area contributed by atoms with Crippen LogP contribution < -0.4 is 4.74 Å². The summed E-state index contributed by atoms with van der Waals surface area (Å²) in [5.41, 5.74) is -0.117. The number of benzene rings is 1. The van der Waals surface area contributed by atoms with E-state index in [-0.39, 0.29) is 0 Å². The third kappa shape index (κ3) is 3.29. The maximum Gasteiger partial charge on any atom is 0.331 e. The number of hydrogen-bond donors (Lipinski definition) is 0. The molecule has 0 bridgehead atoms. The smallest absolute Gasteiger partial charge is 0.331 e. The molecule has 0 fully saturated rings. The number of esters is 1. The second-order valence-corrected chi connectivity index (χ2v) is 3.13. The molecule has 0 aromatic heterocycles. The quantitative estimate of drug-likeness (QED) is 0.450. The summed E-state index contributed by atoms with van der Waals surface area (Å²) in [5.74, 6) is 0.170. The van der Waals surface area contributed by atoms with Crippen molar-refractivity contribution in [3.8, 4) is 5.75 Å². The number of halogens is 1. The van der Waals surface area contributed by atoms with E-state index in [0.29, 0.717) is 5.56 Å². The molecular weight excluding hydrogens is 216 g/mol. The van der Waals surface area contributed by atoms with Gasteiger partial charge in [-0.15, -0.1) is 0 Å². The van der Waals surface area contributed by atoms with Gasteiger partial charge in [0.15, 0.2) is 0 Å². The molecule has 1 aromatic rings. The summed E-state index contributed by atoms with van der Waals surface area (Å²) in [6.45, 7) is 3.28. The van der Waals surface area contributed by atoms with Crippen LogP contribution in [0.25, 0.3) is 0 Å². The van der Waals surface area contributed by atoms with Gasteiger partial charge in [0.25, 0.3) is 0 Å². The standard InChI is InChI=1S/C11H11ClO3/c1-3-10(13)15-11(12)8-4-6-9(14-2)7-5-8/h3-7,11H,1H2,2H3. The molecule has 1 unspecified atom stereocenters. The predicted molar refractivity (Wildman–Crippen MR) is 57.9 cm³/mol. The molecule has 1 aromatic carbocycles. The average molecular weight is 227 g/mol. The number of carbonyl (C=O) groups excluding carboxylic acids is 1. The summed E-state index contributed by atoms with van der Waals surface area (Å²) in [6.07, 6.45) is 1.07. The van der Waals surface area contributed by atoms with Crippen molar-refractivity contribution in [3.63, 3.8) is 0 Å². The molecule has 15 heavy (non-hydrogen) atoms. The highest BCUT2D eigenvalue weighted by atomic mass is 35.5. The Labute approximate surface area is 93.3 Å². The molecule has 1 atom stereocenters. The first-order valence-electron chi connectivity index (χ1n) is 4.28. The Kier molecular flexibility index (Phi) is 4.18. The maximum absolute atomic E-state index is 10.9. The summed E-state index contributed by atoms with van der Waals surface area (Å²) in [4.78, 5) is 10.9. The Morgan fingerprint density at radius 2 is 2.07 bits per heavy atom. The number of ether oxygens (including phenoxy) is 2. The molecule has 0 saturated heterocycles. The van der Waals surface area contributed by atoms with Gasteiger partial charge in [-0.2, -0.15) is 0 Å². The van der Waals surface area contributed by atoms with Crippen molar-refractivity contribution in [2.24, 2.45) is 0 Å². The summed E-state index contributed by atoms with van der Waals surface area (Å²) < 4.78 is 9.81. The van der Waals surface area contributed by atoms with Crippen LogP contribution in [0.4, 0.5) is 0 Å². The van der Waals surface area contributed by atoms with Gasteiger partial charge in [-0.1, -0.05) is 30.3 Å². The topological polar surface area (TPSA) is 35.5 Å². The average Bonchev–Trinajstić information content (AvgIpc) is 2.29. The van der Waals surface area contributed by atoms with Crippen molar-refractivity contribution in [2.45, 2.75) is 5.56 Å². The Balaban J connectivity index is 2.69.